The molecule has 0 aromatic carbocycles. The molecule has 0 saturated heterocycles. The van der Waals surface area contributed by atoms with Crippen LogP contribution in [0.4, 0.5) is 0 Å². The first kappa shape index (κ1) is 46.8. The Morgan fingerprint density at radius 2 is 1.51 bits per heavy atom. The summed E-state index contributed by atoms with van der Waals surface area (Å²) in [6.07, 6.45) is 22.9. The number of hydrogen-bond acceptors (Lipinski definition) is 2. The Kier molecular flexibility index (Phi) is 40.0. The van der Waals surface area contributed by atoms with Gasteiger partial charge < -0.3 is 5.11 Å². The largest absolute Gasteiger partial charge is 0.385 e. The number of unbranched alkanes of at least 4 members (excludes halogenated alkanes) is 1. The molecule has 2 fully saturated rings. The minimum atomic E-state index is -0.157. The molecule has 3 rings (SSSR count). The SMILES string of the molecule is C=C(C)C(C)C#CC.C=CC.CC.CC/C=C\CCC.CC1=CC1O.CC1CCC(S)CC1.CCC1CCC(C)C1. The van der Waals surface area contributed by atoms with Crippen molar-refractivity contribution in [3.8, 4) is 11.8 Å². The number of hydrogen-bond donors (Lipinski definition) is 2. The highest BCUT2D eigenvalue weighted by atomic mass is 32.1. The molecule has 3 aliphatic carbocycles. The van der Waals surface area contributed by atoms with Gasteiger partial charge in [0.05, 0.1) is 6.10 Å². The molecule has 2 saturated carbocycles. The molecule has 1 nitrogen and oxygen atoms in total. The van der Waals surface area contributed by atoms with E-state index in [0.717, 1.165) is 28.9 Å². The zero-order valence-electron chi connectivity index (χ0n) is 29.9. The van der Waals surface area contributed by atoms with Gasteiger partial charge in [-0.25, -0.2) is 0 Å². The normalized spacial score (nSPS) is 23.8. The molecule has 3 aliphatic rings. The standard InChI is InChI=1S/C8H16.C8H12.C7H14S.C7H14.C4H6O.C3H6.C2H6/c1-3-8-5-4-7(2)6-8;1-5-6-8(4)7(2)3;1-6-2-4-7(8)5-3-6;1-3-5-7-6-4-2;1-3-2-4(3)5;1-3-2;1-2/h7-8H,3-6H2,1-2H3;8H,2H2,1,3-4H3;6-8H,2-5H2,1H3;5,7H,3-4,6H2,1-2H3;2,4-5H,1H3;3H,1H2,2H3;1-2H3/b;;;7-5-;;;. The Morgan fingerprint density at radius 1 is 1.05 bits per heavy atom. The summed E-state index contributed by atoms with van der Waals surface area (Å²) in [5.41, 5.74) is 2.24. The second-order valence-electron chi connectivity index (χ2n) is 11.5. The van der Waals surface area contributed by atoms with Crippen LogP contribution >= 0.6 is 12.6 Å². The van der Waals surface area contributed by atoms with Crippen LogP contribution in [0.1, 0.15) is 154 Å². The first-order valence-electron chi connectivity index (χ1n) is 16.8. The summed E-state index contributed by atoms with van der Waals surface area (Å²) >= 11 is 4.40. The molecule has 1 N–H and O–H groups in total. The molecule has 0 aromatic rings. The van der Waals surface area contributed by atoms with Gasteiger partial charge in [-0.3, -0.25) is 0 Å². The van der Waals surface area contributed by atoms with Gasteiger partial charge in [0.15, 0.2) is 0 Å². The van der Waals surface area contributed by atoms with Crippen molar-refractivity contribution in [1.82, 2.24) is 0 Å². The van der Waals surface area contributed by atoms with Crippen molar-refractivity contribution < 1.29 is 5.11 Å². The minimum Gasteiger partial charge on any atom is -0.385 e. The van der Waals surface area contributed by atoms with Gasteiger partial charge in [0.25, 0.3) is 0 Å². The Morgan fingerprint density at radius 3 is 1.73 bits per heavy atom. The third-order valence-electron chi connectivity index (χ3n) is 7.10. The first-order chi connectivity index (χ1) is 19.4. The van der Waals surface area contributed by atoms with E-state index >= 15 is 0 Å². The van der Waals surface area contributed by atoms with Crippen LogP contribution in [0, 0.1) is 35.5 Å². The molecule has 4 unspecified atom stereocenters. The average molecular weight is 591 g/mol. The third kappa shape index (κ3) is 38.8. The monoisotopic (exact) mass is 591 g/mol. The molecule has 2 heteroatoms. The van der Waals surface area contributed by atoms with Crippen molar-refractivity contribution in [2.24, 2.45) is 23.7 Å². The van der Waals surface area contributed by atoms with Gasteiger partial charge in [-0.1, -0.05) is 117 Å². The lowest BCUT2D eigenvalue weighted by Crippen LogP contribution is -2.11. The van der Waals surface area contributed by atoms with E-state index in [1.807, 2.05) is 41.5 Å². The van der Waals surface area contributed by atoms with Gasteiger partial charge in [-0.05, 0) is 103 Å². The summed E-state index contributed by atoms with van der Waals surface area (Å²) in [6.45, 7) is 32.2. The van der Waals surface area contributed by atoms with Crippen molar-refractivity contribution in [3.63, 3.8) is 0 Å². The lowest BCUT2D eigenvalue weighted by molar-refractivity contribution is 0.296. The van der Waals surface area contributed by atoms with E-state index in [9.17, 15) is 0 Å². The average Bonchev–Trinajstić information content (AvgIpc) is 3.42. The number of rotatable bonds is 5. The fraction of sp³-hybridized carbons (Fsp3) is 0.744. The minimum absolute atomic E-state index is 0.157. The molecule has 0 aromatic heterocycles. The zero-order valence-corrected chi connectivity index (χ0v) is 30.8. The van der Waals surface area contributed by atoms with Crippen molar-refractivity contribution in [1.29, 1.82) is 0 Å². The van der Waals surface area contributed by atoms with Gasteiger partial charge in [0, 0.05) is 11.2 Å². The summed E-state index contributed by atoms with van der Waals surface area (Å²) in [6, 6.07) is 0. The van der Waals surface area contributed by atoms with E-state index in [0.29, 0.717) is 11.2 Å². The number of aliphatic hydroxyl groups is 1. The van der Waals surface area contributed by atoms with Crippen molar-refractivity contribution in [2.45, 2.75) is 165 Å². The molecular weight excluding hydrogens is 516 g/mol. The lowest BCUT2D eigenvalue weighted by atomic mass is 9.91. The van der Waals surface area contributed by atoms with E-state index < -0.39 is 0 Å². The highest BCUT2D eigenvalue weighted by molar-refractivity contribution is 7.80. The zero-order chi connectivity index (χ0) is 32.6. The summed E-state index contributed by atoms with van der Waals surface area (Å²) in [5.74, 6) is 9.27. The maximum absolute atomic E-state index is 8.34. The Labute approximate surface area is 266 Å². The highest BCUT2D eigenvalue weighted by Crippen LogP contribution is 2.31. The first-order valence-corrected chi connectivity index (χ1v) is 17.3. The quantitative estimate of drug-likeness (QED) is 0.185. The molecule has 0 heterocycles. The topological polar surface area (TPSA) is 20.2 Å². The van der Waals surface area contributed by atoms with E-state index in [-0.39, 0.29) is 6.10 Å². The second-order valence-corrected chi connectivity index (χ2v) is 12.2. The molecule has 0 aliphatic heterocycles. The number of aliphatic hydroxyl groups excluding tert-OH is 1. The van der Waals surface area contributed by atoms with E-state index in [1.54, 1.807) is 12.2 Å². The number of thiol groups is 1. The molecular formula is C39H74OS. The van der Waals surface area contributed by atoms with Crippen LogP contribution in [0.5, 0.6) is 0 Å². The summed E-state index contributed by atoms with van der Waals surface area (Å²) in [7, 11) is 0. The van der Waals surface area contributed by atoms with Crippen LogP contribution in [0.2, 0.25) is 0 Å². The molecule has 0 amide bonds. The van der Waals surface area contributed by atoms with Gasteiger partial charge >= 0.3 is 0 Å². The fourth-order valence-electron chi connectivity index (χ4n) is 3.93. The second kappa shape index (κ2) is 35.0. The lowest BCUT2D eigenvalue weighted by Gasteiger charge is -2.21. The molecule has 41 heavy (non-hydrogen) atoms. The molecule has 0 radical (unpaired) electrons. The maximum Gasteiger partial charge on any atom is 0.0933 e. The van der Waals surface area contributed by atoms with E-state index in [2.05, 4.69) is 91.3 Å². The van der Waals surface area contributed by atoms with Gasteiger partial charge in [0.2, 0.25) is 0 Å². The van der Waals surface area contributed by atoms with Crippen molar-refractivity contribution >= 4 is 12.6 Å². The third-order valence-corrected chi connectivity index (χ3v) is 7.62. The van der Waals surface area contributed by atoms with Crippen LogP contribution in [-0.2, 0) is 0 Å². The van der Waals surface area contributed by atoms with E-state index in [4.69, 9.17) is 5.11 Å². The van der Waals surface area contributed by atoms with Gasteiger partial charge in [0.1, 0.15) is 0 Å². The fourth-order valence-corrected chi connectivity index (χ4v) is 4.23. The highest BCUT2D eigenvalue weighted by Gasteiger charge is 2.18. The van der Waals surface area contributed by atoms with Crippen molar-refractivity contribution in [3.05, 3.63) is 48.6 Å². The summed E-state index contributed by atoms with van der Waals surface area (Å²) in [5, 5.41) is 9.06. The molecule has 4 atom stereocenters. The smallest absolute Gasteiger partial charge is 0.0933 e. The van der Waals surface area contributed by atoms with Crippen LogP contribution in [0.15, 0.2) is 48.6 Å². The summed E-state index contributed by atoms with van der Waals surface area (Å²) < 4.78 is 0. The Bertz CT molecular complexity index is 674. The van der Waals surface area contributed by atoms with Crippen LogP contribution in [-0.4, -0.2) is 16.5 Å². The van der Waals surface area contributed by atoms with Gasteiger partial charge in [-0.15, -0.1) is 12.5 Å². The predicted octanol–water partition coefficient (Wildman–Crippen LogP) is 12.8. The van der Waals surface area contributed by atoms with E-state index in [1.165, 1.54) is 70.6 Å². The molecule has 242 valence electrons. The molecule has 0 spiro atoms. The van der Waals surface area contributed by atoms with Gasteiger partial charge in [-0.2, -0.15) is 12.6 Å². The maximum atomic E-state index is 8.34. The Balaban J connectivity index is -0.000000202. The predicted molar refractivity (Wildman–Crippen MR) is 196 cm³/mol. The van der Waals surface area contributed by atoms with Crippen LogP contribution < -0.4 is 0 Å². The summed E-state index contributed by atoms with van der Waals surface area (Å²) in [4.78, 5) is 0. The molecule has 0 bridgehead atoms. The van der Waals surface area contributed by atoms with Crippen molar-refractivity contribution in [2.75, 3.05) is 0 Å². The number of allylic oxidation sites excluding steroid dienone is 4. The van der Waals surface area contributed by atoms with Crippen LogP contribution in [0.25, 0.3) is 0 Å². The van der Waals surface area contributed by atoms with Crippen LogP contribution in [0.3, 0.4) is 0 Å². The Hall–Kier alpha value is -1.17.